The molecule has 43 heavy (non-hydrogen) atoms. The molecule has 0 saturated carbocycles. The molecule has 0 fully saturated rings. The molecule has 0 spiro atoms. The molecule has 7 nitrogen and oxygen atoms in total. The third-order valence-corrected chi connectivity index (χ3v) is 7.12. The van der Waals surface area contributed by atoms with Crippen molar-refractivity contribution in [1.29, 1.82) is 10.5 Å². The number of hydrogen-bond acceptors (Lipinski definition) is 7. The minimum absolute atomic E-state index is 0.143. The Hall–Kier alpha value is -5.40. The number of rotatable bonds is 12. The third kappa shape index (κ3) is 8.09. The van der Waals surface area contributed by atoms with Gasteiger partial charge in [0.2, 0.25) is 0 Å². The van der Waals surface area contributed by atoms with Crippen molar-refractivity contribution in [3.63, 3.8) is 0 Å². The first-order valence-electron chi connectivity index (χ1n) is 14.6. The fraction of sp³-hybridized carbons (Fsp3) is 0.222. The molecule has 7 heteroatoms. The number of aromatic nitrogens is 2. The standard InChI is InChI=1S/C36H36N6O/c1-5-41(6-2)33-18-11-27(12-19-33)9-16-31-24-32(17-10-28-13-20-34(21-14-28)42(7-3)8-4)40-36(39-31)43-35-22-15-29(25-37)30(23-35)26-38/h9-24H,5-8H2,1-4H3. The predicted molar refractivity (Wildman–Crippen MR) is 176 cm³/mol. The summed E-state index contributed by atoms with van der Waals surface area (Å²) in [5, 5.41) is 18.7. The molecule has 0 N–H and O–H groups in total. The summed E-state index contributed by atoms with van der Waals surface area (Å²) >= 11 is 0. The molecule has 4 rings (SSSR count). The molecule has 0 aliphatic carbocycles. The van der Waals surface area contributed by atoms with Gasteiger partial charge < -0.3 is 14.5 Å². The van der Waals surface area contributed by atoms with Crippen molar-refractivity contribution >= 4 is 35.7 Å². The van der Waals surface area contributed by atoms with Crippen LogP contribution in [0.1, 0.15) is 61.3 Å². The van der Waals surface area contributed by atoms with Crippen molar-refractivity contribution in [2.24, 2.45) is 0 Å². The largest absolute Gasteiger partial charge is 0.424 e. The van der Waals surface area contributed by atoms with Crippen LogP contribution in [0.5, 0.6) is 11.8 Å². The zero-order chi connectivity index (χ0) is 30.6. The van der Waals surface area contributed by atoms with Crippen molar-refractivity contribution in [1.82, 2.24) is 9.97 Å². The molecule has 0 saturated heterocycles. The van der Waals surface area contributed by atoms with Gasteiger partial charge in [0.25, 0.3) is 0 Å². The van der Waals surface area contributed by atoms with Gasteiger partial charge in [0.05, 0.1) is 22.5 Å². The zero-order valence-corrected chi connectivity index (χ0v) is 25.2. The first-order valence-corrected chi connectivity index (χ1v) is 14.6. The van der Waals surface area contributed by atoms with Gasteiger partial charge in [-0.25, -0.2) is 0 Å². The monoisotopic (exact) mass is 568 g/mol. The second-order valence-electron chi connectivity index (χ2n) is 9.73. The summed E-state index contributed by atoms with van der Waals surface area (Å²) in [5.41, 5.74) is 6.34. The van der Waals surface area contributed by atoms with Crippen molar-refractivity contribution in [3.8, 4) is 23.9 Å². The molecule has 4 aromatic rings. The average Bonchev–Trinajstić information content (AvgIpc) is 3.05. The van der Waals surface area contributed by atoms with E-state index in [1.807, 2.05) is 42.5 Å². The first kappa shape index (κ1) is 30.6. The maximum absolute atomic E-state index is 9.42. The Morgan fingerprint density at radius 2 is 1.07 bits per heavy atom. The van der Waals surface area contributed by atoms with Gasteiger partial charge in [-0.3, -0.25) is 0 Å². The van der Waals surface area contributed by atoms with Gasteiger partial charge in [0.15, 0.2) is 0 Å². The van der Waals surface area contributed by atoms with Crippen LogP contribution in [0.25, 0.3) is 24.3 Å². The zero-order valence-electron chi connectivity index (χ0n) is 25.2. The summed E-state index contributed by atoms with van der Waals surface area (Å²) in [5.74, 6) is 0.380. The first-order chi connectivity index (χ1) is 21.0. The second-order valence-corrected chi connectivity index (χ2v) is 9.73. The van der Waals surface area contributed by atoms with E-state index in [1.54, 1.807) is 12.1 Å². The molecule has 0 atom stereocenters. The summed E-state index contributed by atoms with van der Waals surface area (Å²) in [6, 6.07) is 27.7. The number of anilines is 2. The average molecular weight is 569 g/mol. The van der Waals surface area contributed by atoms with Gasteiger partial charge in [-0.1, -0.05) is 36.4 Å². The second kappa shape index (κ2) is 15.0. The summed E-state index contributed by atoms with van der Waals surface area (Å²) < 4.78 is 5.98. The van der Waals surface area contributed by atoms with Crippen molar-refractivity contribution < 1.29 is 4.74 Å². The summed E-state index contributed by atoms with van der Waals surface area (Å²) in [6.45, 7) is 12.4. The molecule has 0 aliphatic rings. The van der Waals surface area contributed by atoms with E-state index in [9.17, 15) is 10.5 Å². The van der Waals surface area contributed by atoms with E-state index in [-0.39, 0.29) is 17.1 Å². The van der Waals surface area contributed by atoms with Crippen LogP contribution in [0, 0.1) is 22.7 Å². The van der Waals surface area contributed by atoms with E-state index in [0.29, 0.717) is 17.1 Å². The maximum Gasteiger partial charge on any atom is 0.323 e. The number of nitriles is 2. The van der Waals surface area contributed by atoms with Gasteiger partial charge in [-0.2, -0.15) is 20.5 Å². The molecular weight excluding hydrogens is 532 g/mol. The lowest BCUT2D eigenvalue weighted by Crippen LogP contribution is -2.21. The Morgan fingerprint density at radius 1 is 0.605 bits per heavy atom. The lowest BCUT2D eigenvalue weighted by atomic mass is 10.1. The van der Waals surface area contributed by atoms with Crippen LogP contribution in [0.2, 0.25) is 0 Å². The van der Waals surface area contributed by atoms with Crippen LogP contribution < -0.4 is 14.5 Å². The minimum Gasteiger partial charge on any atom is -0.424 e. The molecule has 1 heterocycles. The van der Waals surface area contributed by atoms with Crippen molar-refractivity contribution in [3.05, 3.63) is 106 Å². The molecule has 0 amide bonds. The predicted octanol–water partition coefficient (Wildman–Crippen LogP) is 8.05. The van der Waals surface area contributed by atoms with Crippen LogP contribution in [0.3, 0.4) is 0 Å². The quantitative estimate of drug-likeness (QED) is 0.171. The summed E-state index contributed by atoms with van der Waals surface area (Å²) in [4.78, 5) is 13.8. The highest BCUT2D eigenvalue weighted by atomic mass is 16.5. The number of ether oxygens (including phenoxy) is 1. The highest BCUT2D eigenvalue weighted by Gasteiger charge is 2.09. The molecule has 0 radical (unpaired) electrons. The van der Waals surface area contributed by atoms with Gasteiger partial charge in [0, 0.05) is 43.6 Å². The van der Waals surface area contributed by atoms with E-state index < -0.39 is 0 Å². The normalized spacial score (nSPS) is 10.9. The van der Waals surface area contributed by atoms with Crippen LogP contribution in [0.15, 0.2) is 72.8 Å². The smallest absolute Gasteiger partial charge is 0.323 e. The third-order valence-electron chi connectivity index (χ3n) is 7.12. The van der Waals surface area contributed by atoms with E-state index in [1.165, 1.54) is 17.4 Å². The SMILES string of the molecule is CCN(CC)c1ccc(C=Cc2cc(C=Cc3ccc(N(CC)CC)cc3)nc(Oc3ccc(C#N)c(C#N)c3)n2)cc1. The number of benzene rings is 3. The van der Waals surface area contributed by atoms with Crippen molar-refractivity contribution in [2.45, 2.75) is 27.7 Å². The topological polar surface area (TPSA) is 89.1 Å². The fourth-order valence-corrected chi connectivity index (χ4v) is 4.69. The molecule has 0 aliphatic heterocycles. The van der Waals surface area contributed by atoms with Gasteiger partial charge >= 0.3 is 6.01 Å². The molecule has 216 valence electrons. The molecule has 0 bridgehead atoms. The Bertz CT molecular complexity index is 1570. The number of hydrogen-bond donors (Lipinski definition) is 0. The van der Waals surface area contributed by atoms with E-state index in [4.69, 9.17) is 4.74 Å². The fourth-order valence-electron chi connectivity index (χ4n) is 4.69. The number of nitrogens with zero attached hydrogens (tertiary/aromatic N) is 6. The van der Waals surface area contributed by atoms with Crippen LogP contribution in [-0.2, 0) is 0 Å². The van der Waals surface area contributed by atoms with Crippen LogP contribution >= 0.6 is 0 Å². The van der Waals surface area contributed by atoms with Gasteiger partial charge in [-0.05, 0) is 93.4 Å². The van der Waals surface area contributed by atoms with Gasteiger partial charge in [0.1, 0.15) is 17.9 Å². The van der Waals surface area contributed by atoms with Crippen molar-refractivity contribution in [2.75, 3.05) is 36.0 Å². The maximum atomic E-state index is 9.42. The van der Waals surface area contributed by atoms with Gasteiger partial charge in [-0.15, -0.1) is 0 Å². The Kier molecular flexibility index (Phi) is 10.7. The highest BCUT2D eigenvalue weighted by molar-refractivity contribution is 5.73. The minimum atomic E-state index is 0.143. The highest BCUT2D eigenvalue weighted by Crippen LogP contribution is 2.24. The van der Waals surface area contributed by atoms with Crippen LogP contribution in [-0.4, -0.2) is 36.1 Å². The lowest BCUT2D eigenvalue weighted by Gasteiger charge is -2.20. The van der Waals surface area contributed by atoms with E-state index in [0.717, 1.165) is 37.3 Å². The van der Waals surface area contributed by atoms with E-state index >= 15 is 0 Å². The Morgan fingerprint density at radius 3 is 1.49 bits per heavy atom. The lowest BCUT2D eigenvalue weighted by molar-refractivity contribution is 0.441. The molecule has 3 aromatic carbocycles. The van der Waals surface area contributed by atoms with Crippen LogP contribution in [0.4, 0.5) is 11.4 Å². The Balaban J connectivity index is 1.63. The molecule has 0 unspecified atom stereocenters. The molecular formula is C36H36N6O. The summed E-state index contributed by atoms with van der Waals surface area (Å²) in [6.07, 6.45) is 7.87. The molecule has 1 aromatic heterocycles. The van der Waals surface area contributed by atoms with E-state index in [2.05, 4.69) is 96.0 Å². The summed E-state index contributed by atoms with van der Waals surface area (Å²) in [7, 11) is 0. The Labute approximate surface area is 254 Å².